The molecule has 1 aromatic heterocycles. The second-order valence-electron chi connectivity index (χ2n) is 15.0. The number of hydrogen-bond acceptors (Lipinski definition) is 6. The van der Waals surface area contributed by atoms with Crippen molar-refractivity contribution in [3.63, 3.8) is 0 Å². The summed E-state index contributed by atoms with van der Waals surface area (Å²) in [6.45, 7) is 4.18. The average Bonchev–Trinajstić information content (AvgIpc) is 4.00. The number of piperazine rings is 1. The van der Waals surface area contributed by atoms with Gasteiger partial charge in [-0.15, -0.1) is 0 Å². The van der Waals surface area contributed by atoms with E-state index in [2.05, 4.69) is 31.2 Å². The number of methoxy groups -OCH3 is 1. The normalized spacial score (nSPS) is 27.4. The van der Waals surface area contributed by atoms with Crippen LogP contribution < -0.4 is 9.46 Å². The molecule has 3 aliphatic heterocycles. The molecule has 2 amide bonds. The number of nitrogens with one attached hydrogen (secondary N) is 1. The molecule has 47 heavy (non-hydrogen) atoms. The zero-order valence-electron chi connectivity index (χ0n) is 27.2. The van der Waals surface area contributed by atoms with Crippen LogP contribution in [0.2, 0.25) is 0 Å². The van der Waals surface area contributed by atoms with Gasteiger partial charge in [0.15, 0.2) is 0 Å². The number of carbonyl (C=O) groups excluding carboxylic acids is 2. The Kier molecular flexibility index (Phi) is 6.85. The van der Waals surface area contributed by atoms with E-state index in [4.69, 9.17) is 4.74 Å². The Balaban J connectivity index is 1.20. The first-order valence-electron chi connectivity index (χ1n) is 17.7. The Hall–Kier alpha value is -3.37. The van der Waals surface area contributed by atoms with Gasteiger partial charge in [-0.3, -0.25) is 14.5 Å². The smallest absolute Gasteiger partial charge is 0.264 e. The van der Waals surface area contributed by atoms with Crippen molar-refractivity contribution in [2.75, 3.05) is 33.3 Å². The predicted octanol–water partition coefficient (Wildman–Crippen LogP) is 5.38. The largest absolute Gasteiger partial charge is 0.497 e. The highest BCUT2D eigenvalue weighted by Gasteiger charge is 2.64. The molecule has 0 radical (unpaired) electrons. The van der Waals surface area contributed by atoms with E-state index in [9.17, 15) is 18.0 Å². The monoisotopic (exact) mass is 656 g/mol. The zero-order chi connectivity index (χ0) is 32.1. The second-order valence-corrected chi connectivity index (χ2v) is 17.0. The van der Waals surface area contributed by atoms with Gasteiger partial charge in [-0.05, 0) is 98.9 Å². The van der Waals surface area contributed by atoms with Crippen molar-refractivity contribution in [3.05, 3.63) is 53.1 Å². The van der Waals surface area contributed by atoms with Crippen molar-refractivity contribution in [1.29, 1.82) is 0 Å². The molecule has 3 saturated carbocycles. The fourth-order valence-electron chi connectivity index (χ4n) is 9.56. The van der Waals surface area contributed by atoms with Gasteiger partial charge in [0.1, 0.15) is 5.75 Å². The molecule has 10 heteroatoms. The Morgan fingerprint density at radius 1 is 0.936 bits per heavy atom. The number of nitrogens with zero attached hydrogens (tertiary/aromatic N) is 3. The van der Waals surface area contributed by atoms with Crippen LogP contribution in [0, 0.1) is 5.41 Å². The minimum absolute atomic E-state index is 0.0889. The maximum Gasteiger partial charge on any atom is 0.264 e. The summed E-state index contributed by atoms with van der Waals surface area (Å²) in [6.07, 6.45) is 10.2. The van der Waals surface area contributed by atoms with Crippen molar-refractivity contribution in [3.8, 4) is 17.0 Å². The first kappa shape index (κ1) is 29.7. The third-order valence-electron chi connectivity index (χ3n) is 12.3. The Morgan fingerprint density at radius 3 is 2.55 bits per heavy atom. The number of benzene rings is 2. The summed E-state index contributed by atoms with van der Waals surface area (Å²) in [7, 11) is -1.98. The Bertz CT molecular complexity index is 1910. The van der Waals surface area contributed by atoms with E-state index in [0.717, 1.165) is 79.8 Å². The van der Waals surface area contributed by atoms with Crippen LogP contribution in [-0.2, 0) is 21.4 Å². The lowest BCUT2D eigenvalue weighted by molar-refractivity contribution is -0.140. The highest BCUT2D eigenvalue weighted by Crippen LogP contribution is 2.66. The van der Waals surface area contributed by atoms with E-state index >= 15 is 0 Å². The van der Waals surface area contributed by atoms with Gasteiger partial charge in [0, 0.05) is 60.2 Å². The fraction of sp³-hybridized carbons (Fsp3) is 0.568. The van der Waals surface area contributed by atoms with Crippen LogP contribution in [0.1, 0.15) is 97.5 Å². The van der Waals surface area contributed by atoms with E-state index in [-0.39, 0.29) is 11.8 Å². The number of amides is 2. The lowest BCUT2D eigenvalue weighted by atomic mass is 9.81. The first-order valence-corrected chi connectivity index (χ1v) is 19.3. The highest BCUT2D eigenvalue weighted by molar-refractivity contribution is 7.91. The number of rotatable bonds is 6. The van der Waals surface area contributed by atoms with Crippen molar-refractivity contribution >= 4 is 32.7 Å². The van der Waals surface area contributed by atoms with Crippen molar-refractivity contribution in [2.45, 2.75) is 93.9 Å². The fourth-order valence-corrected chi connectivity index (χ4v) is 10.9. The molecule has 9 nitrogen and oxygen atoms in total. The number of carbonyl (C=O) groups is 2. The van der Waals surface area contributed by atoms with Gasteiger partial charge in [-0.25, -0.2) is 13.1 Å². The molecule has 3 unspecified atom stereocenters. The molecule has 4 heterocycles. The third kappa shape index (κ3) is 4.76. The summed E-state index contributed by atoms with van der Waals surface area (Å²) >= 11 is 0. The predicted molar refractivity (Wildman–Crippen MR) is 180 cm³/mol. The topological polar surface area (TPSA) is 101 Å². The summed E-state index contributed by atoms with van der Waals surface area (Å²) in [4.78, 5) is 32.9. The van der Waals surface area contributed by atoms with Crippen LogP contribution in [0.4, 0.5) is 0 Å². The Labute approximate surface area is 276 Å². The standard InChI is InChI=1S/C37H44N4O5S/c1-46-26-10-14-28-30(19-26)31-20-37(31,36(43)40-17-16-39-15-5-8-25(39)21-40)22-41-32-18-24(35(42)38-47(44,45)27-11-12-27)9-13-29(32)33(34(28)41)23-6-3-2-4-7-23/h9-10,13-14,18-19,23,25,27,31H,2-8,11-12,15-17,20-22H2,1H3,(H,38,42). The van der Waals surface area contributed by atoms with Crippen LogP contribution in [0.3, 0.4) is 0 Å². The van der Waals surface area contributed by atoms with Crippen LogP contribution >= 0.6 is 0 Å². The number of sulfonamides is 1. The minimum Gasteiger partial charge on any atom is -0.497 e. The molecule has 0 spiro atoms. The number of aromatic nitrogens is 1. The molecule has 1 N–H and O–H groups in total. The maximum atomic E-state index is 14.8. The molecule has 248 valence electrons. The van der Waals surface area contributed by atoms with Gasteiger partial charge in [-0.1, -0.05) is 25.3 Å². The van der Waals surface area contributed by atoms with Crippen molar-refractivity contribution in [1.82, 2.24) is 19.1 Å². The number of hydrogen-bond donors (Lipinski definition) is 1. The quantitative estimate of drug-likeness (QED) is 0.383. The van der Waals surface area contributed by atoms with E-state index in [1.165, 1.54) is 36.8 Å². The van der Waals surface area contributed by atoms with Crippen molar-refractivity contribution in [2.24, 2.45) is 5.41 Å². The summed E-state index contributed by atoms with van der Waals surface area (Å²) in [5.41, 5.74) is 5.49. The molecule has 5 fully saturated rings. The van der Waals surface area contributed by atoms with Gasteiger partial charge >= 0.3 is 0 Å². The highest BCUT2D eigenvalue weighted by atomic mass is 32.2. The zero-order valence-corrected chi connectivity index (χ0v) is 28.0. The molecule has 3 aliphatic carbocycles. The van der Waals surface area contributed by atoms with E-state index in [1.807, 2.05) is 18.2 Å². The number of fused-ring (bicyclic) bond motifs is 8. The van der Waals surface area contributed by atoms with Gasteiger partial charge in [-0.2, -0.15) is 0 Å². The van der Waals surface area contributed by atoms with Gasteiger partial charge in [0.2, 0.25) is 15.9 Å². The SMILES string of the molecule is COc1ccc2c(c1)C1CC1(C(=O)N1CCN3CCCC3C1)Cn1c-2c(C2CCCCC2)c2ccc(C(=O)NS(=O)(=O)C3CC3)cc21. The van der Waals surface area contributed by atoms with E-state index in [0.29, 0.717) is 36.9 Å². The maximum absolute atomic E-state index is 14.8. The van der Waals surface area contributed by atoms with Gasteiger partial charge in [0.25, 0.3) is 5.91 Å². The third-order valence-corrected chi connectivity index (χ3v) is 14.1. The summed E-state index contributed by atoms with van der Waals surface area (Å²) in [5, 5.41) is 0.631. The molecular weight excluding hydrogens is 612 g/mol. The van der Waals surface area contributed by atoms with Gasteiger partial charge < -0.3 is 14.2 Å². The van der Waals surface area contributed by atoms with Crippen LogP contribution in [0.25, 0.3) is 22.2 Å². The average molecular weight is 657 g/mol. The molecular formula is C37H44N4O5S. The first-order chi connectivity index (χ1) is 22.8. The molecule has 2 aromatic carbocycles. The summed E-state index contributed by atoms with van der Waals surface area (Å²) in [6, 6.07) is 12.5. The van der Waals surface area contributed by atoms with E-state index in [1.54, 1.807) is 13.2 Å². The number of ether oxygens (including phenoxy) is 1. The molecule has 0 bridgehead atoms. The van der Waals surface area contributed by atoms with Gasteiger partial charge in [0.05, 0.1) is 23.5 Å². The summed E-state index contributed by atoms with van der Waals surface area (Å²) in [5.74, 6) is 0.934. The molecule has 3 atom stereocenters. The second kappa shape index (κ2) is 10.8. The minimum atomic E-state index is -3.68. The van der Waals surface area contributed by atoms with Crippen LogP contribution in [-0.4, -0.2) is 79.2 Å². The lowest BCUT2D eigenvalue weighted by Crippen LogP contribution is -2.54. The molecule has 2 saturated heterocycles. The Morgan fingerprint density at radius 2 is 1.77 bits per heavy atom. The lowest BCUT2D eigenvalue weighted by Gasteiger charge is -2.39. The van der Waals surface area contributed by atoms with Crippen LogP contribution in [0.5, 0.6) is 5.75 Å². The molecule has 9 rings (SSSR count). The summed E-state index contributed by atoms with van der Waals surface area (Å²) < 4.78 is 35.8. The van der Waals surface area contributed by atoms with E-state index < -0.39 is 26.6 Å². The van der Waals surface area contributed by atoms with Crippen LogP contribution in [0.15, 0.2) is 36.4 Å². The van der Waals surface area contributed by atoms with Crippen molar-refractivity contribution < 1.29 is 22.7 Å². The molecule has 3 aromatic rings. The molecule has 6 aliphatic rings.